The molecule has 1 heterocycles. The van der Waals surface area contributed by atoms with Crippen LogP contribution in [0.15, 0.2) is 22.8 Å². The minimum atomic E-state index is -0.0991. The second-order valence-electron chi connectivity index (χ2n) is 2.65. The summed E-state index contributed by atoms with van der Waals surface area (Å²) in [6.45, 7) is 3.60. The van der Waals surface area contributed by atoms with Gasteiger partial charge in [-0.25, -0.2) is 0 Å². The molecule has 0 unspecified atom stereocenters. The Bertz CT molecular complexity index is 257. The minimum Gasteiger partial charge on any atom is -0.459 e. The number of carbonyl (C=O) groups excluding carboxylic acids is 1. The number of carbonyl (C=O) groups is 1. The van der Waals surface area contributed by atoms with Crippen LogP contribution in [-0.4, -0.2) is 30.4 Å². The fourth-order valence-electron chi connectivity index (χ4n) is 1.12. The Kier molecular flexibility index (Phi) is 3.52. The molecule has 13 heavy (non-hydrogen) atoms. The SMILES string of the molecule is CCN(CCN)C(=O)c1ccco1. The van der Waals surface area contributed by atoms with Crippen molar-refractivity contribution in [2.24, 2.45) is 5.73 Å². The van der Waals surface area contributed by atoms with E-state index in [0.29, 0.717) is 25.4 Å². The number of furan rings is 1. The van der Waals surface area contributed by atoms with Crippen LogP contribution < -0.4 is 5.73 Å². The van der Waals surface area contributed by atoms with Gasteiger partial charge in [0, 0.05) is 19.6 Å². The molecule has 1 aromatic heterocycles. The molecule has 0 bridgehead atoms. The monoisotopic (exact) mass is 182 g/mol. The number of likely N-dealkylation sites (N-methyl/N-ethyl adjacent to an activating group) is 1. The summed E-state index contributed by atoms with van der Waals surface area (Å²) in [5, 5.41) is 0. The van der Waals surface area contributed by atoms with Gasteiger partial charge in [-0.15, -0.1) is 0 Å². The minimum absolute atomic E-state index is 0.0991. The largest absolute Gasteiger partial charge is 0.459 e. The summed E-state index contributed by atoms with van der Waals surface area (Å²) in [7, 11) is 0. The third-order valence-electron chi connectivity index (χ3n) is 1.80. The first-order valence-electron chi connectivity index (χ1n) is 4.32. The number of amides is 1. The summed E-state index contributed by atoms with van der Waals surface area (Å²) in [5.74, 6) is 0.272. The Hall–Kier alpha value is -1.29. The average Bonchev–Trinajstić information content (AvgIpc) is 2.65. The van der Waals surface area contributed by atoms with Crippen LogP contribution in [0, 0.1) is 0 Å². The zero-order valence-electron chi connectivity index (χ0n) is 7.69. The lowest BCUT2D eigenvalue weighted by Gasteiger charge is -2.18. The lowest BCUT2D eigenvalue weighted by atomic mass is 10.3. The molecule has 0 saturated heterocycles. The smallest absolute Gasteiger partial charge is 0.289 e. The second kappa shape index (κ2) is 4.67. The topological polar surface area (TPSA) is 59.5 Å². The molecule has 1 rings (SSSR count). The molecule has 0 radical (unpaired) electrons. The highest BCUT2D eigenvalue weighted by Gasteiger charge is 2.14. The number of nitrogens with two attached hydrogens (primary N) is 1. The third-order valence-corrected chi connectivity index (χ3v) is 1.80. The Labute approximate surface area is 77.3 Å². The average molecular weight is 182 g/mol. The van der Waals surface area contributed by atoms with Gasteiger partial charge in [-0.3, -0.25) is 4.79 Å². The Balaban J connectivity index is 2.65. The van der Waals surface area contributed by atoms with Crippen LogP contribution in [-0.2, 0) is 0 Å². The van der Waals surface area contributed by atoms with E-state index in [9.17, 15) is 4.79 Å². The van der Waals surface area contributed by atoms with Crippen molar-refractivity contribution in [3.63, 3.8) is 0 Å². The first-order valence-corrected chi connectivity index (χ1v) is 4.32. The predicted molar refractivity (Wildman–Crippen MR) is 49.3 cm³/mol. The third kappa shape index (κ3) is 2.32. The summed E-state index contributed by atoms with van der Waals surface area (Å²) < 4.78 is 4.99. The van der Waals surface area contributed by atoms with E-state index in [4.69, 9.17) is 10.2 Å². The molecule has 0 fully saturated rings. The van der Waals surface area contributed by atoms with E-state index in [0.717, 1.165) is 0 Å². The van der Waals surface area contributed by atoms with Crippen molar-refractivity contribution in [2.75, 3.05) is 19.6 Å². The van der Waals surface area contributed by atoms with Gasteiger partial charge in [0.15, 0.2) is 5.76 Å². The Morgan fingerprint density at radius 2 is 2.46 bits per heavy atom. The second-order valence-corrected chi connectivity index (χ2v) is 2.65. The summed E-state index contributed by atoms with van der Waals surface area (Å²) in [6, 6.07) is 3.35. The molecule has 0 atom stereocenters. The van der Waals surface area contributed by atoms with Crippen molar-refractivity contribution in [3.8, 4) is 0 Å². The van der Waals surface area contributed by atoms with Crippen LogP contribution in [0.2, 0.25) is 0 Å². The van der Waals surface area contributed by atoms with E-state index in [-0.39, 0.29) is 5.91 Å². The molecule has 4 nitrogen and oxygen atoms in total. The molecule has 1 aromatic rings. The van der Waals surface area contributed by atoms with E-state index in [2.05, 4.69) is 0 Å². The standard InChI is InChI=1S/C9H14N2O2/c1-2-11(6-5-10)9(12)8-4-3-7-13-8/h3-4,7H,2,5-6,10H2,1H3. The number of hydrogen-bond acceptors (Lipinski definition) is 3. The maximum Gasteiger partial charge on any atom is 0.289 e. The quantitative estimate of drug-likeness (QED) is 0.745. The van der Waals surface area contributed by atoms with Crippen LogP contribution in [0.25, 0.3) is 0 Å². The molecular weight excluding hydrogens is 168 g/mol. The maximum atomic E-state index is 11.6. The van der Waals surface area contributed by atoms with Gasteiger partial charge >= 0.3 is 0 Å². The van der Waals surface area contributed by atoms with E-state index in [1.165, 1.54) is 6.26 Å². The van der Waals surface area contributed by atoms with Crippen LogP contribution in [0.1, 0.15) is 17.5 Å². The lowest BCUT2D eigenvalue weighted by molar-refractivity contribution is 0.0737. The lowest BCUT2D eigenvalue weighted by Crippen LogP contribution is -2.34. The van der Waals surface area contributed by atoms with Gasteiger partial charge in [0.2, 0.25) is 0 Å². The van der Waals surface area contributed by atoms with Gasteiger partial charge in [-0.2, -0.15) is 0 Å². The highest BCUT2D eigenvalue weighted by molar-refractivity contribution is 5.91. The molecule has 0 aliphatic rings. The normalized spacial score (nSPS) is 10.0. The predicted octanol–water partition coefficient (Wildman–Crippen LogP) is 0.700. The van der Waals surface area contributed by atoms with Gasteiger partial charge in [0.1, 0.15) is 0 Å². The summed E-state index contributed by atoms with van der Waals surface area (Å²) in [5.41, 5.74) is 5.37. The molecule has 0 aliphatic carbocycles. The van der Waals surface area contributed by atoms with Gasteiger partial charge in [-0.1, -0.05) is 0 Å². The van der Waals surface area contributed by atoms with Gasteiger partial charge in [-0.05, 0) is 19.1 Å². The fourth-order valence-corrected chi connectivity index (χ4v) is 1.12. The molecule has 1 amide bonds. The van der Waals surface area contributed by atoms with Gasteiger partial charge in [0.05, 0.1) is 6.26 Å². The van der Waals surface area contributed by atoms with Crippen molar-refractivity contribution < 1.29 is 9.21 Å². The molecule has 2 N–H and O–H groups in total. The molecule has 0 aliphatic heterocycles. The van der Waals surface area contributed by atoms with E-state index < -0.39 is 0 Å². The van der Waals surface area contributed by atoms with Crippen LogP contribution in [0.5, 0.6) is 0 Å². The zero-order chi connectivity index (χ0) is 9.68. The molecule has 0 aromatic carbocycles. The van der Waals surface area contributed by atoms with Crippen molar-refractivity contribution in [1.82, 2.24) is 4.90 Å². The number of nitrogens with zero attached hydrogens (tertiary/aromatic N) is 1. The highest BCUT2D eigenvalue weighted by Crippen LogP contribution is 2.04. The van der Waals surface area contributed by atoms with E-state index >= 15 is 0 Å². The van der Waals surface area contributed by atoms with E-state index in [1.807, 2.05) is 6.92 Å². The maximum absolute atomic E-state index is 11.6. The van der Waals surface area contributed by atoms with Crippen LogP contribution >= 0.6 is 0 Å². The summed E-state index contributed by atoms with van der Waals surface area (Å²) in [4.78, 5) is 13.3. The summed E-state index contributed by atoms with van der Waals surface area (Å²) in [6.07, 6.45) is 1.49. The van der Waals surface area contributed by atoms with Crippen LogP contribution in [0.3, 0.4) is 0 Å². The van der Waals surface area contributed by atoms with Crippen molar-refractivity contribution in [2.45, 2.75) is 6.92 Å². The number of rotatable bonds is 4. The Morgan fingerprint density at radius 3 is 2.92 bits per heavy atom. The molecule has 0 spiro atoms. The van der Waals surface area contributed by atoms with Crippen molar-refractivity contribution in [1.29, 1.82) is 0 Å². The van der Waals surface area contributed by atoms with Crippen LogP contribution in [0.4, 0.5) is 0 Å². The van der Waals surface area contributed by atoms with E-state index in [1.54, 1.807) is 17.0 Å². The Morgan fingerprint density at radius 1 is 1.69 bits per heavy atom. The van der Waals surface area contributed by atoms with Gasteiger partial charge < -0.3 is 15.1 Å². The number of hydrogen-bond donors (Lipinski definition) is 1. The first kappa shape index (κ1) is 9.80. The molecular formula is C9H14N2O2. The molecule has 4 heteroatoms. The summed E-state index contributed by atoms with van der Waals surface area (Å²) >= 11 is 0. The van der Waals surface area contributed by atoms with Gasteiger partial charge in [0.25, 0.3) is 5.91 Å². The van der Waals surface area contributed by atoms with Crippen molar-refractivity contribution in [3.05, 3.63) is 24.2 Å². The highest BCUT2D eigenvalue weighted by atomic mass is 16.3. The van der Waals surface area contributed by atoms with Crippen molar-refractivity contribution >= 4 is 5.91 Å². The molecule has 72 valence electrons. The molecule has 0 saturated carbocycles. The zero-order valence-corrected chi connectivity index (χ0v) is 7.69. The first-order chi connectivity index (χ1) is 6.29. The fraction of sp³-hybridized carbons (Fsp3) is 0.444.